The number of aromatic nitrogens is 3. The molecule has 2 aromatic heterocycles. The molecule has 2 saturated heterocycles. The maximum absolute atomic E-state index is 6.13. The fourth-order valence-electron chi connectivity index (χ4n) is 3.10. The van der Waals surface area contributed by atoms with Crippen molar-refractivity contribution in [3.8, 4) is 11.3 Å². The Morgan fingerprint density at radius 1 is 1.25 bits per heavy atom. The molecular weight excluding hydrogens is 254 g/mol. The molecule has 4 rings (SSSR count). The van der Waals surface area contributed by atoms with E-state index in [-0.39, 0.29) is 0 Å². The van der Waals surface area contributed by atoms with Crippen LogP contribution in [0.2, 0.25) is 0 Å². The summed E-state index contributed by atoms with van der Waals surface area (Å²) < 4.78 is 5.66. The minimum absolute atomic E-state index is 0.317. The first-order chi connectivity index (χ1) is 9.83. The van der Waals surface area contributed by atoms with E-state index in [1.807, 2.05) is 12.1 Å². The molecule has 4 heterocycles. The third kappa shape index (κ3) is 1.72. The zero-order valence-electron chi connectivity index (χ0n) is 10.9. The Morgan fingerprint density at radius 3 is 2.90 bits per heavy atom. The summed E-state index contributed by atoms with van der Waals surface area (Å²) in [4.78, 5) is 14.9. The number of hydrogen-bond donors (Lipinski definition) is 1. The predicted octanol–water partition coefficient (Wildman–Crippen LogP) is 1.10. The zero-order chi connectivity index (χ0) is 13.5. The molecule has 0 radical (unpaired) electrons. The van der Waals surface area contributed by atoms with Crippen molar-refractivity contribution in [3.63, 3.8) is 0 Å². The lowest BCUT2D eigenvalue weighted by Gasteiger charge is -2.31. The second kappa shape index (κ2) is 4.42. The molecule has 2 aliphatic rings. The van der Waals surface area contributed by atoms with Gasteiger partial charge in [0.05, 0.1) is 30.1 Å². The van der Waals surface area contributed by atoms with Gasteiger partial charge in [-0.15, -0.1) is 0 Å². The molecule has 2 atom stereocenters. The summed E-state index contributed by atoms with van der Waals surface area (Å²) >= 11 is 0. The van der Waals surface area contributed by atoms with Crippen molar-refractivity contribution in [1.29, 1.82) is 0 Å². The van der Waals surface area contributed by atoms with Gasteiger partial charge in [0.2, 0.25) is 0 Å². The minimum Gasteiger partial charge on any atom is -0.382 e. The average Bonchev–Trinajstić information content (AvgIpc) is 3.10. The summed E-state index contributed by atoms with van der Waals surface area (Å²) in [6.07, 6.45) is 6.40. The highest BCUT2D eigenvalue weighted by Gasteiger charge is 2.40. The van der Waals surface area contributed by atoms with E-state index in [2.05, 4.69) is 19.9 Å². The van der Waals surface area contributed by atoms with Crippen molar-refractivity contribution < 1.29 is 4.74 Å². The van der Waals surface area contributed by atoms with Gasteiger partial charge >= 0.3 is 0 Å². The number of fused-ring (bicyclic) bond motifs is 2. The maximum Gasteiger partial charge on any atom is 0.147 e. The normalized spacial score (nSPS) is 24.3. The van der Waals surface area contributed by atoms with E-state index < -0.39 is 0 Å². The molecule has 2 aliphatic heterocycles. The zero-order valence-corrected chi connectivity index (χ0v) is 10.9. The number of nitrogen functional groups attached to an aromatic ring is 1. The van der Waals surface area contributed by atoms with Gasteiger partial charge in [-0.1, -0.05) is 0 Å². The molecule has 0 amide bonds. The van der Waals surface area contributed by atoms with Gasteiger partial charge < -0.3 is 15.4 Å². The predicted molar refractivity (Wildman–Crippen MR) is 75.2 cm³/mol. The highest BCUT2D eigenvalue weighted by Crippen LogP contribution is 2.40. The van der Waals surface area contributed by atoms with Crippen LogP contribution >= 0.6 is 0 Å². The van der Waals surface area contributed by atoms with Crippen LogP contribution in [0.5, 0.6) is 0 Å². The van der Waals surface area contributed by atoms with Crippen LogP contribution in [0.3, 0.4) is 0 Å². The lowest BCUT2D eigenvalue weighted by atomic mass is 10.1. The molecule has 102 valence electrons. The van der Waals surface area contributed by atoms with E-state index in [1.54, 1.807) is 18.7 Å². The molecule has 0 spiro atoms. The van der Waals surface area contributed by atoms with Crippen LogP contribution in [0.15, 0.2) is 30.9 Å². The number of rotatable bonds is 2. The maximum atomic E-state index is 6.13. The Labute approximate surface area is 116 Å². The minimum atomic E-state index is 0.317. The van der Waals surface area contributed by atoms with Gasteiger partial charge in [-0.2, -0.15) is 0 Å². The fraction of sp³-hybridized carbons (Fsp3) is 0.357. The summed E-state index contributed by atoms with van der Waals surface area (Å²) in [6, 6.07) is 4.25. The van der Waals surface area contributed by atoms with Crippen LogP contribution in [0.4, 0.5) is 11.5 Å². The summed E-state index contributed by atoms with van der Waals surface area (Å²) in [5, 5.41) is 0. The third-order valence-electron chi connectivity index (χ3n) is 4.00. The average molecular weight is 269 g/mol. The molecule has 0 aliphatic carbocycles. The summed E-state index contributed by atoms with van der Waals surface area (Å²) in [6.45, 7) is 1.64. The van der Waals surface area contributed by atoms with E-state index in [0.717, 1.165) is 36.5 Å². The number of morpholine rings is 1. The molecule has 20 heavy (non-hydrogen) atoms. The number of hydrogen-bond acceptors (Lipinski definition) is 6. The highest BCUT2D eigenvalue weighted by molar-refractivity contribution is 5.84. The third-order valence-corrected chi connectivity index (χ3v) is 4.00. The Hall–Kier alpha value is -2.21. The van der Waals surface area contributed by atoms with Gasteiger partial charge in [0, 0.05) is 24.5 Å². The highest BCUT2D eigenvalue weighted by atomic mass is 16.5. The van der Waals surface area contributed by atoms with Gasteiger partial charge in [-0.3, -0.25) is 0 Å². The Morgan fingerprint density at radius 2 is 2.20 bits per heavy atom. The van der Waals surface area contributed by atoms with Gasteiger partial charge in [0.25, 0.3) is 0 Å². The first kappa shape index (κ1) is 11.6. The van der Waals surface area contributed by atoms with E-state index in [4.69, 9.17) is 10.5 Å². The molecule has 6 heteroatoms. The van der Waals surface area contributed by atoms with Crippen molar-refractivity contribution in [3.05, 3.63) is 30.9 Å². The molecule has 2 N–H and O–H groups in total. The van der Waals surface area contributed by atoms with Crippen molar-refractivity contribution in [2.45, 2.75) is 18.6 Å². The second-order valence-corrected chi connectivity index (χ2v) is 5.18. The van der Waals surface area contributed by atoms with Crippen molar-refractivity contribution >= 4 is 11.5 Å². The van der Waals surface area contributed by atoms with Crippen LogP contribution in [-0.2, 0) is 4.74 Å². The number of anilines is 2. The smallest absolute Gasteiger partial charge is 0.147 e. The van der Waals surface area contributed by atoms with Crippen molar-refractivity contribution in [1.82, 2.24) is 15.0 Å². The fourth-order valence-corrected chi connectivity index (χ4v) is 3.10. The van der Waals surface area contributed by atoms with Gasteiger partial charge in [0.15, 0.2) is 0 Å². The monoisotopic (exact) mass is 269 g/mol. The Kier molecular flexibility index (Phi) is 2.56. The van der Waals surface area contributed by atoms with Gasteiger partial charge in [-0.05, 0) is 18.6 Å². The SMILES string of the molecule is Nc1nccc(-c2ccncn2)c1N1CC2CC1CO2. The molecule has 2 unspecified atom stereocenters. The van der Waals surface area contributed by atoms with E-state index in [9.17, 15) is 0 Å². The van der Waals surface area contributed by atoms with Crippen LogP contribution in [0, 0.1) is 0 Å². The first-order valence-electron chi connectivity index (χ1n) is 6.72. The summed E-state index contributed by atoms with van der Waals surface area (Å²) in [5.74, 6) is 0.550. The van der Waals surface area contributed by atoms with E-state index in [1.165, 1.54) is 0 Å². The van der Waals surface area contributed by atoms with Crippen LogP contribution in [0.1, 0.15) is 6.42 Å². The quantitative estimate of drug-likeness (QED) is 0.879. The van der Waals surface area contributed by atoms with Crippen LogP contribution in [0.25, 0.3) is 11.3 Å². The van der Waals surface area contributed by atoms with E-state index in [0.29, 0.717) is 18.0 Å². The number of nitrogens with zero attached hydrogens (tertiary/aromatic N) is 4. The number of ether oxygens (including phenoxy) is 1. The lowest BCUT2D eigenvalue weighted by Crippen LogP contribution is -2.37. The molecule has 6 nitrogen and oxygen atoms in total. The topological polar surface area (TPSA) is 77.2 Å². The van der Waals surface area contributed by atoms with Crippen LogP contribution in [-0.4, -0.2) is 40.2 Å². The molecule has 2 fully saturated rings. The lowest BCUT2D eigenvalue weighted by molar-refractivity contribution is 0.0992. The Bertz CT molecular complexity index is 633. The van der Waals surface area contributed by atoms with Gasteiger partial charge in [-0.25, -0.2) is 15.0 Å². The first-order valence-corrected chi connectivity index (χ1v) is 6.72. The largest absolute Gasteiger partial charge is 0.382 e. The van der Waals surface area contributed by atoms with E-state index >= 15 is 0 Å². The number of nitrogens with two attached hydrogens (primary N) is 1. The molecule has 2 bridgehead atoms. The molecular formula is C14H15N5O. The summed E-state index contributed by atoms with van der Waals surface area (Å²) in [5.41, 5.74) is 8.98. The van der Waals surface area contributed by atoms with Crippen molar-refractivity contribution in [2.75, 3.05) is 23.8 Å². The van der Waals surface area contributed by atoms with Gasteiger partial charge in [0.1, 0.15) is 12.1 Å². The molecule has 0 saturated carbocycles. The standard InChI is InChI=1S/C14H15N5O/c15-14-13(19-6-10-5-9(19)7-20-10)11(1-4-17-14)12-2-3-16-8-18-12/h1-4,8-10H,5-7H2,(H2,15,17). The number of pyridine rings is 1. The molecule has 2 aromatic rings. The van der Waals surface area contributed by atoms with Crippen LogP contribution < -0.4 is 10.6 Å². The van der Waals surface area contributed by atoms with Crippen molar-refractivity contribution in [2.24, 2.45) is 0 Å². The molecule has 0 aromatic carbocycles. The summed E-state index contributed by atoms with van der Waals surface area (Å²) in [7, 11) is 0. The second-order valence-electron chi connectivity index (χ2n) is 5.18. The Balaban J connectivity index is 1.83.